The van der Waals surface area contributed by atoms with Gasteiger partial charge in [-0.15, -0.1) is 0 Å². The van der Waals surface area contributed by atoms with E-state index in [0.717, 1.165) is 6.42 Å². The highest BCUT2D eigenvalue weighted by Crippen LogP contribution is 2.24. The SMILES string of the molecule is [B]N1C=C(C)C=CC1(C)CC. The zero-order chi connectivity index (χ0) is 8.48. The second-order valence-electron chi connectivity index (χ2n) is 3.32. The first-order chi connectivity index (χ1) is 5.08. The van der Waals surface area contributed by atoms with Gasteiger partial charge in [-0.25, -0.2) is 0 Å². The molecule has 0 saturated carbocycles. The zero-order valence-corrected chi connectivity index (χ0v) is 7.46. The molecule has 1 aliphatic rings. The summed E-state index contributed by atoms with van der Waals surface area (Å²) in [6, 6.07) is 0. The molecule has 0 aromatic carbocycles. The van der Waals surface area contributed by atoms with Gasteiger partial charge < -0.3 is 4.81 Å². The Bertz CT molecular complexity index is 208. The average molecular weight is 147 g/mol. The van der Waals surface area contributed by atoms with Crippen molar-refractivity contribution in [2.45, 2.75) is 32.7 Å². The van der Waals surface area contributed by atoms with Gasteiger partial charge in [0.2, 0.25) is 7.98 Å². The van der Waals surface area contributed by atoms with E-state index in [1.165, 1.54) is 5.57 Å². The highest BCUT2D eigenvalue weighted by atomic mass is 15.1. The predicted molar refractivity (Wildman–Crippen MR) is 49.2 cm³/mol. The molecule has 2 radical (unpaired) electrons. The molecule has 2 heteroatoms. The third kappa shape index (κ3) is 1.50. The summed E-state index contributed by atoms with van der Waals surface area (Å²) in [5, 5.41) is 0. The van der Waals surface area contributed by atoms with E-state index in [2.05, 4.69) is 26.0 Å². The van der Waals surface area contributed by atoms with E-state index in [0.29, 0.717) is 0 Å². The molecule has 0 saturated heterocycles. The van der Waals surface area contributed by atoms with Crippen LogP contribution in [0.3, 0.4) is 0 Å². The first-order valence-corrected chi connectivity index (χ1v) is 4.00. The Morgan fingerprint density at radius 2 is 2.27 bits per heavy atom. The monoisotopic (exact) mass is 147 g/mol. The van der Waals surface area contributed by atoms with E-state index in [1.54, 1.807) is 4.81 Å². The molecular weight excluding hydrogens is 133 g/mol. The van der Waals surface area contributed by atoms with Gasteiger partial charge in [0.05, 0.1) is 0 Å². The van der Waals surface area contributed by atoms with Crippen molar-refractivity contribution in [1.82, 2.24) is 4.81 Å². The fourth-order valence-electron chi connectivity index (χ4n) is 1.11. The van der Waals surface area contributed by atoms with Crippen LogP contribution in [-0.4, -0.2) is 18.3 Å². The third-order valence-electron chi connectivity index (χ3n) is 2.35. The molecule has 11 heavy (non-hydrogen) atoms. The highest BCUT2D eigenvalue weighted by molar-refractivity contribution is 6.06. The first kappa shape index (κ1) is 8.44. The van der Waals surface area contributed by atoms with Gasteiger partial charge in [0, 0.05) is 5.54 Å². The second kappa shape index (κ2) is 2.76. The smallest absolute Gasteiger partial charge is 0.226 e. The van der Waals surface area contributed by atoms with E-state index in [1.807, 2.05) is 13.1 Å². The van der Waals surface area contributed by atoms with Crippen LogP contribution in [0, 0.1) is 0 Å². The van der Waals surface area contributed by atoms with Crippen LogP contribution in [0.2, 0.25) is 0 Å². The number of allylic oxidation sites excluding steroid dienone is 2. The summed E-state index contributed by atoms with van der Waals surface area (Å²) in [5.74, 6) is 0. The fourth-order valence-corrected chi connectivity index (χ4v) is 1.11. The molecular formula is C9H14BN. The van der Waals surface area contributed by atoms with Gasteiger partial charge in [0.15, 0.2) is 0 Å². The average Bonchev–Trinajstić information content (AvgIpc) is 1.98. The highest BCUT2D eigenvalue weighted by Gasteiger charge is 2.23. The van der Waals surface area contributed by atoms with Crippen LogP contribution in [0.25, 0.3) is 0 Å². The zero-order valence-electron chi connectivity index (χ0n) is 7.46. The summed E-state index contributed by atoms with van der Waals surface area (Å²) in [7, 11) is 5.82. The van der Waals surface area contributed by atoms with Crippen molar-refractivity contribution < 1.29 is 0 Å². The van der Waals surface area contributed by atoms with Crippen molar-refractivity contribution in [2.24, 2.45) is 0 Å². The van der Waals surface area contributed by atoms with Gasteiger partial charge in [-0.1, -0.05) is 19.1 Å². The lowest BCUT2D eigenvalue weighted by Gasteiger charge is -2.38. The van der Waals surface area contributed by atoms with Gasteiger partial charge in [0.25, 0.3) is 0 Å². The lowest BCUT2D eigenvalue weighted by Crippen LogP contribution is -2.40. The maximum atomic E-state index is 5.82. The fraction of sp³-hybridized carbons (Fsp3) is 0.556. The molecule has 1 atom stereocenters. The van der Waals surface area contributed by atoms with Crippen LogP contribution < -0.4 is 0 Å². The Labute approximate surface area is 70.2 Å². The van der Waals surface area contributed by atoms with Crippen molar-refractivity contribution in [2.75, 3.05) is 0 Å². The van der Waals surface area contributed by atoms with Crippen molar-refractivity contribution >= 4 is 7.98 Å². The minimum absolute atomic E-state index is 0.0134. The molecule has 0 spiro atoms. The topological polar surface area (TPSA) is 3.24 Å². The van der Waals surface area contributed by atoms with Crippen molar-refractivity contribution in [1.29, 1.82) is 0 Å². The molecule has 58 valence electrons. The number of hydrogen-bond acceptors (Lipinski definition) is 1. The van der Waals surface area contributed by atoms with Gasteiger partial charge >= 0.3 is 0 Å². The lowest BCUT2D eigenvalue weighted by atomic mass is 9.89. The Hall–Kier alpha value is -0.655. The quantitative estimate of drug-likeness (QED) is 0.512. The maximum Gasteiger partial charge on any atom is 0.226 e. The number of rotatable bonds is 1. The van der Waals surface area contributed by atoms with E-state index in [9.17, 15) is 0 Å². The van der Waals surface area contributed by atoms with Gasteiger partial charge in [-0.2, -0.15) is 0 Å². The molecule has 1 rings (SSSR count). The Morgan fingerprint density at radius 3 is 2.73 bits per heavy atom. The summed E-state index contributed by atoms with van der Waals surface area (Å²) < 4.78 is 0. The summed E-state index contributed by atoms with van der Waals surface area (Å²) in [5.41, 5.74) is 1.22. The largest absolute Gasteiger partial charge is 0.422 e. The van der Waals surface area contributed by atoms with Crippen molar-refractivity contribution in [3.63, 3.8) is 0 Å². The Morgan fingerprint density at radius 1 is 1.64 bits per heavy atom. The maximum absolute atomic E-state index is 5.82. The Balaban J connectivity index is 2.84. The predicted octanol–water partition coefficient (Wildman–Crippen LogP) is 2.01. The molecule has 1 unspecified atom stereocenters. The molecule has 0 aliphatic carbocycles. The van der Waals surface area contributed by atoms with Crippen molar-refractivity contribution in [3.05, 3.63) is 23.9 Å². The molecule has 1 heterocycles. The van der Waals surface area contributed by atoms with Crippen LogP contribution in [0.15, 0.2) is 23.9 Å². The van der Waals surface area contributed by atoms with Crippen LogP contribution in [0.4, 0.5) is 0 Å². The van der Waals surface area contributed by atoms with Gasteiger partial charge in [-0.05, 0) is 32.0 Å². The molecule has 1 nitrogen and oxygen atoms in total. The van der Waals surface area contributed by atoms with Gasteiger partial charge in [0.1, 0.15) is 0 Å². The lowest BCUT2D eigenvalue weighted by molar-refractivity contribution is 0.330. The molecule has 0 aromatic rings. The molecule has 0 amide bonds. The molecule has 0 N–H and O–H groups in total. The normalized spacial score (nSPS) is 30.5. The molecule has 0 bridgehead atoms. The summed E-state index contributed by atoms with van der Waals surface area (Å²) in [6.45, 7) is 6.32. The van der Waals surface area contributed by atoms with E-state index >= 15 is 0 Å². The van der Waals surface area contributed by atoms with E-state index in [4.69, 9.17) is 7.98 Å². The van der Waals surface area contributed by atoms with Crippen molar-refractivity contribution in [3.8, 4) is 0 Å². The molecule has 0 fully saturated rings. The second-order valence-corrected chi connectivity index (χ2v) is 3.32. The minimum atomic E-state index is 0.0134. The Kier molecular flexibility index (Phi) is 2.12. The molecule has 1 aliphatic heterocycles. The number of hydrogen-bond donors (Lipinski definition) is 0. The van der Waals surface area contributed by atoms with E-state index < -0.39 is 0 Å². The summed E-state index contributed by atoms with van der Waals surface area (Å²) in [6.07, 6.45) is 7.28. The van der Waals surface area contributed by atoms with Crippen LogP contribution in [0.1, 0.15) is 27.2 Å². The van der Waals surface area contributed by atoms with E-state index in [-0.39, 0.29) is 5.54 Å². The molecule has 0 aromatic heterocycles. The van der Waals surface area contributed by atoms with Gasteiger partial charge in [-0.3, -0.25) is 0 Å². The van der Waals surface area contributed by atoms with Crippen LogP contribution in [-0.2, 0) is 0 Å². The summed E-state index contributed by atoms with van der Waals surface area (Å²) >= 11 is 0. The minimum Gasteiger partial charge on any atom is -0.422 e. The summed E-state index contributed by atoms with van der Waals surface area (Å²) in [4.78, 5) is 1.78. The standard InChI is InChI=1S/C9H14BN/c1-4-9(3)6-5-8(2)7-11(9)10/h5-7H,4H2,1-3H3. The number of nitrogens with zero attached hydrogens (tertiary/aromatic N) is 1. The third-order valence-corrected chi connectivity index (χ3v) is 2.35. The van der Waals surface area contributed by atoms with Crippen LogP contribution in [0.5, 0.6) is 0 Å². The van der Waals surface area contributed by atoms with Crippen LogP contribution >= 0.6 is 0 Å². The first-order valence-electron chi connectivity index (χ1n) is 4.00.